The lowest BCUT2D eigenvalue weighted by molar-refractivity contribution is -0.121. The molecule has 1 aliphatic heterocycles. The molecule has 0 saturated heterocycles. The quantitative estimate of drug-likeness (QED) is 0.702. The van der Waals surface area contributed by atoms with Crippen LogP contribution in [-0.4, -0.2) is 28.0 Å². The van der Waals surface area contributed by atoms with E-state index < -0.39 is 21.8 Å². The monoisotopic (exact) mass is 417 g/mol. The van der Waals surface area contributed by atoms with E-state index in [1.807, 2.05) is 18.2 Å². The number of rotatable bonds is 4. The first-order valence-electron chi connectivity index (χ1n) is 8.46. The minimum atomic E-state index is -4.08. The van der Waals surface area contributed by atoms with Crippen molar-refractivity contribution in [2.24, 2.45) is 0 Å². The van der Waals surface area contributed by atoms with Gasteiger partial charge in [-0.1, -0.05) is 48.0 Å². The Kier molecular flexibility index (Phi) is 4.64. The molecule has 28 heavy (non-hydrogen) atoms. The second kappa shape index (κ2) is 7.00. The summed E-state index contributed by atoms with van der Waals surface area (Å²) in [6, 6.07) is 15.2. The molecule has 1 aliphatic rings. The molecule has 0 fully saturated rings. The Bertz CT molecular complexity index is 1190. The first kappa shape index (κ1) is 18.6. The van der Waals surface area contributed by atoms with Gasteiger partial charge >= 0.3 is 0 Å². The molecule has 0 aliphatic carbocycles. The van der Waals surface area contributed by atoms with E-state index in [-0.39, 0.29) is 11.5 Å². The Balaban J connectivity index is 1.70. The molecule has 1 amide bonds. The van der Waals surface area contributed by atoms with Crippen molar-refractivity contribution in [3.8, 4) is 11.5 Å². The summed E-state index contributed by atoms with van der Waals surface area (Å²) in [5.74, 6) is -0.802. The van der Waals surface area contributed by atoms with Gasteiger partial charge in [0.15, 0.2) is 0 Å². The number of hydrogen-bond acceptors (Lipinski definition) is 5. The molecule has 0 spiro atoms. The van der Waals surface area contributed by atoms with Gasteiger partial charge in [-0.2, -0.15) is 0 Å². The average molecular weight is 418 g/mol. The van der Waals surface area contributed by atoms with E-state index in [1.165, 1.54) is 13.2 Å². The van der Waals surface area contributed by atoms with Gasteiger partial charge in [0.25, 0.3) is 10.0 Å². The first-order valence-corrected chi connectivity index (χ1v) is 10.3. The molecule has 1 heterocycles. The van der Waals surface area contributed by atoms with Crippen LogP contribution in [0.25, 0.3) is 10.8 Å². The number of carbonyl (C=O) groups excluding carboxylic acids is 1. The highest BCUT2D eigenvalue weighted by Crippen LogP contribution is 2.45. The number of nitrogens with one attached hydrogen (secondary N) is 1. The number of benzene rings is 3. The van der Waals surface area contributed by atoms with Crippen LogP contribution in [-0.2, 0) is 14.8 Å². The summed E-state index contributed by atoms with van der Waals surface area (Å²) in [6.07, 6.45) is 0. The van der Waals surface area contributed by atoms with Crippen molar-refractivity contribution in [3.63, 3.8) is 0 Å². The number of hydrogen-bond donors (Lipinski definition) is 1. The van der Waals surface area contributed by atoms with E-state index in [0.717, 1.165) is 5.39 Å². The van der Waals surface area contributed by atoms with E-state index in [2.05, 4.69) is 4.72 Å². The van der Waals surface area contributed by atoms with Gasteiger partial charge in [0.1, 0.15) is 24.0 Å². The predicted octanol–water partition coefficient (Wildman–Crippen LogP) is 3.48. The van der Waals surface area contributed by atoms with Crippen molar-refractivity contribution >= 4 is 38.3 Å². The Labute approximate surface area is 167 Å². The highest BCUT2D eigenvalue weighted by molar-refractivity contribution is 7.90. The molecule has 1 atom stereocenters. The number of sulfonamides is 1. The third kappa shape index (κ3) is 3.06. The van der Waals surface area contributed by atoms with Crippen LogP contribution in [0, 0.1) is 0 Å². The van der Waals surface area contributed by atoms with Crippen molar-refractivity contribution in [2.75, 3.05) is 13.7 Å². The summed E-state index contributed by atoms with van der Waals surface area (Å²) >= 11 is 6.13. The smallest absolute Gasteiger partial charge is 0.264 e. The molecule has 6 nitrogen and oxygen atoms in total. The zero-order chi connectivity index (χ0) is 19.9. The lowest BCUT2D eigenvalue weighted by Crippen LogP contribution is -2.35. The van der Waals surface area contributed by atoms with Gasteiger partial charge in [0, 0.05) is 5.39 Å². The number of halogens is 1. The maximum Gasteiger partial charge on any atom is 0.264 e. The Hall–Kier alpha value is -2.77. The molecule has 4 rings (SSSR count). The molecule has 1 N–H and O–H groups in total. The fourth-order valence-corrected chi connectivity index (χ4v) is 4.82. The summed E-state index contributed by atoms with van der Waals surface area (Å²) in [5, 5.41) is 1.64. The maximum atomic E-state index is 12.9. The summed E-state index contributed by atoms with van der Waals surface area (Å²) in [4.78, 5) is 12.9. The van der Waals surface area contributed by atoms with Crippen LogP contribution in [0.3, 0.4) is 0 Å². The molecule has 1 unspecified atom stereocenters. The van der Waals surface area contributed by atoms with Gasteiger partial charge in [-0.15, -0.1) is 0 Å². The van der Waals surface area contributed by atoms with Gasteiger partial charge in [0.2, 0.25) is 5.91 Å². The van der Waals surface area contributed by atoms with Crippen LogP contribution >= 0.6 is 11.6 Å². The third-order valence-electron chi connectivity index (χ3n) is 4.66. The maximum absolute atomic E-state index is 12.9. The summed E-state index contributed by atoms with van der Waals surface area (Å²) < 4.78 is 38.8. The first-order chi connectivity index (χ1) is 13.4. The Morgan fingerprint density at radius 1 is 1.14 bits per heavy atom. The van der Waals surface area contributed by atoms with Crippen LogP contribution in [0.1, 0.15) is 11.5 Å². The van der Waals surface area contributed by atoms with Crippen molar-refractivity contribution in [1.82, 2.24) is 4.72 Å². The van der Waals surface area contributed by atoms with Crippen molar-refractivity contribution < 1.29 is 22.7 Å². The van der Waals surface area contributed by atoms with Crippen LogP contribution in [0.4, 0.5) is 0 Å². The van der Waals surface area contributed by atoms with Gasteiger partial charge in [-0.3, -0.25) is 4.79 Å². The van der Waals surface area contributed by atoms with E-state index in [0.29, 0.717) is 27.5 Å². The Morgan fingerprint density at radius 2 is 1.89 bits per heavy atom. The fourth-order valence-electron chi connectivity index (χ4n) is 3.35. The fraction of sp³-hybridized carbons (Fsp3) is 0.150. The Morgan fingerprint density at radius 3 is 2.68 bits per heavy atom. The molecule has 144 valence electrons. The lowest BCUT2D eigenvalue weighted by atomic mass is 10.00. The van der Waals surface area contributed by atoms with Gasteiger partial charge in [-0.25, -0.2) is 13.1 Å². The highest BCUT2D eigenvalue weighted by Gasteiger charge is 2.37. The van der Waals surface area contributed by atoms with Crippen molar-refractivity contribution in [3.05, 3.63) is 65.2 Å². The van der Waals surface area contributed by atoms with Gasteiger partial charge in [0.05, 0.1) is 22.6 Å². The molecule has 3 aromatic rings. The molecule has 8 heteroatoms. The molecular weight excluding hydrogens is 402 g/mol. The molecule has 3 aromatic carbocycles. The van der Waals surface area contributed by atoms with E-state index in [4.69, 9.17) is 21.1 Å². The molecule has 0 bridgehead atoms. The second-order valence-corrected chi connectivity index (χ2v) is 8.36. The zero-order valence-corrected chi connectivity index (χ0v) is 16.4. The molecule has 0 saturated carbocycles. The zero-order valence-electron chi connectivity index (χ0n) is 14.8. The summed E-state index contributed by atoms with van der Waals surface area (Å²) in [5.41, 5.74) is 0.445. The third-order valence-corrected chi connectivity index (χ3v) is 6.36. The standard InChI is InChI=1S/C20H16ClNO5S/c1-26-16-10-9-15(21)19-18(16)14(11-27-19)20(23)22-28(24,25)17-8-4-6-12-5-2-3-7-13(12)17/h2-10,14H,11H2,1H3,(H,22,23). The van der Waals surface area contributed by atoms with Crippen molar-refractivity contribution in [2.45, 2.75) is 10.8 Å². The minimum Gasteiger partial charge on any atom is -0.496 e. The van der Waals surface area contributed by atoms with Crippen LogP contribution in [0.2, 0.25) is 5.02 Å². The van der Waals surface area contributed by atoms with Crippen LogP contribution in [0.15, 0.2) is 59.5 Å². The minimum absolute atomic E-state index is 0.0215. The molecule has 0 aromatic heterocycles. The van der Waals surface area contributed by atoms with Gasteiger partial charge < -0.3 is 9.47 Å². The lowest BCUT2D eigenvalue weighted by Gasteiger charge is -2.14. The number of ether oxygens (including phenoxy) is 2. The molecular formula is C20H16ClNO5S. The number of methoxy groups -OCH3 is 1. The number of carbonyl (C=O) groups is 1. The van der Waals surface area contributed by atoms with Crippen LogP contribution in [0.5, 0.6) is 11.5 Å². The van der Waals surface area contributed by atoms with Crippen LogP contribution < -0.4 is 14.2 Å². The highest BCUT2D eigenvalue weighted by atomic mass is 35.5. The van der Waals surface area contributed by atoms with E-state index in [1.54, 1.807) is 30.3 Å². The normalized spacial score (nSPS) is 15.7. The largest absolute Gasteiger partial charge is 0.496 e. The predicted molar refractivity (Wildman–Crippen MR) is 106 cm³/mol. The number of amides is 1. The number of fused-ring (bicyclic) bond motifs is 2. The average Bonchev–Trinajstić information content (AvgIpc) is 3.14. The van der Waals surface area contributed by atoms with Crippen molar-refractivity contribution in [1.29, 1.82) is 0 Å². The second-order valence-electron chi connectivity index (χ2n) is 6.30. The topological polar surface area (TPSA) is 81.7 Å². The van der Waals surface area contributed by atoms with Gasteiger partial charge in [-0.05, 0) is 23.6 Å². The summed E-state index contributed by atoms with van der Waals surface area (Å²) in [6.45, 7) is -0.0215. The van der Waals surface area contributed by atoms with E-state index in [9.17, 15) is 13.2 Å². The SMILES string of the molecule is COc1ccc(Cl)c2c1C(C(=O)NS(=O)(=O)c1cccc3ccccc13)CO2. The summed E-state index contributed by atoms with van der Waals surface area (Å²) in [7, 11) is -2.62. The molecule has 0 radical (unpaired) electrons. The van der Waals surface area contributed by atoms with E-state index >= 15 is 0 Å².